The van der Waals surface area contributed by atoms with Crippen molar-refractivity contribution < 1.29 is 5.11 Å². The Morgan fingerprint density at radius 2 is 1.82 bits per heavy atom. The second-order valence-corrected chi connectivity index (χ2v) is 4.81. The summed E-state index contributed by atoms with van der Waals surface area (Å²) in [5.74, 6) is 0.302. The Bertz CT molecular complexity index is 473. The predicted molar refractivity (Wildman–Crippen MR) is 75.2 cm³/mol. The monoisotopic (exact) mass is 269 g/mol. The molecule has 0 aliphatic rings. The maximum absolute atomic E-state index is 9.49. The van der Waals surface area contributed by atoms with Crippen molar-refractivity contribution in [3.63, 3.8) is 0 Å². The van der Waals surface area contributed by atoms with E-state index in [0.29, 0.717) is 5.75 Å². The van der Waals surface area contributed by atoms with Crippen molar-refractivity contribution in [3.8, 4) is 5.75 Å². The first-order valence-electron chi connectivity index (χ1n) is 5.17. The predicted octanol–water partition coefficient (Wildman–Crippen LogP) is 3.54. The standard InChI is InChI=1S/C13H15NOS.ClH/c1-8-5-11(15)6-9(2)12(8)13(14)10-3-4-16-7-10;/h3-7,13,15H,14H2,1-2H3;1H/t13-;/m1./s1. The summed E-state index contributed by atoms with van der Waals surface area (Å²) >= 11 is 1.65. The molecule has 0 saturated heterocycles. The van der Waals surface area contributed by atoms with Gasteiger partial charge in [0.15, 0.2) is 0 Å². The zero-order valence-corrected chi connectivity index (χ0v) is 11.4. The molecular formula is C13H16ClNOS. The molecular weight excluding hydrogens is 254 g/mol. The molecule has 0 fully saturated rings. The molecule has 2 rings (SSSR count). The Balaban J connectivity index is 0.00000144. The molecule has 1 aromatic heterocycles. The van der Waals surface area contributed by atoms with Crippen molar-refractivity contribution in [3.05, 3.63) is 51.2 Å². The van der Waals surface area contributed by atoms with E-state index in [9.17, 15) is 5.11 Å². The molecule has 0 bridgehead atoms. The summed E-state index contributed by atoms with van der Waals surface area (Å²) in [6.07, 6.45) is 0. The third-order valence-corrected chi connectivity index (χ3v) is 3.49. The fourth-order valence-corrected chi connectivity index (χ4v) is 2.76. The van der Waals surface area contributed by atoms with Gasteiger partial charge in [-0.2, -0.15) is 11.3 Å². The van der Waals surface area contributed by atoms with Gasteiger partial charge in [-0.05, 0) is 65.1 Å². The molecule has 3 N–H and O–H groups in total. The molecule has 0 aliphatic carbocycles. The van der Waals surface area contributed by atoms with Crippen LogP contribution in [0.4, 0.5) is 0 Å². The third kappa shape index (κ3) is 2.80. The van der Waals surface area contributed by atoms with Gasteiger partial charge in [0.05, 0.1) is 6.04 Å². The van der Waals surface area contributed by atoms with E-state index in [1.165, 1.54) is 0 Å². The van der Waals surface area contributed by atoms with E-state index < -0.39 is 0 Å². The van der Waals surface area contributed by atoms with E-state index in [-0.39, 0.29) is 18.4 Å². The van der Waals surface area contributed by atoms with Gasteiger partial charge in [0.1, 0.15) is 5.75 Å². The number of thiophene rings is 1. The van der Waals surface area contributed by atoms with Gasteiger partial charge in [-0.25, -0.2) is 0 Å². The number of nitrogens with two attached hydrogens (primary N) is 1. The number of aromatic hydroxyl groups is 1. The lowest BCUT2D eigenvalue weighted by atomic mass is 9.93. The van der Waals surface area contributed by atoms with Gasteiger partial charge >= 0.3 is 0 Å². The summed E-state index contributed by atoms with van der Waals surface area (Å²) in [6, 6.07) is 5.45. The van der Waals surface area contributed by atoms with Gasteiger partial charge in [0, 0.05) is 0 Å². The van der Waals surface area contributed by atoms with Crippen molar-refractivity contribution in [1.82, 2.24) is 0 Å². The quantitative estimate of drug-likeness (QED) is 0.876. The van der Waals surface area contributed by atoms with Crippen LogP contribution in [0.25, 0.3) is 0 Å². The normalized spacial score (nSPS) is 11.9. The molecule has 1 heterocycles. The maximum atomic E-state index is 9.49. The second kappa shape index (κ2) is 5.54. The highest BCUT2D eigenvalue weighted by Gasteiger charge is 2.15. The molecule has 92 valence electrons. The smallest absolute Gasteiger partial charge is 0.116 e. The zero-order valence-electron chi connectivity index (χ0n) is 9.81. The first-order valence-corrected chi connectivity index (χ1v) is 6.11. The molecule has 4 heteroatoms. The summed E-state index contributed by atoms with van der Waals surface area (Å²) < 4.78 is 0. The Kier molecular flexibility index (Phi) is 4.57. The minimum absolute atomic E-state index is 0. The molecule has 2 aromatic rings. The van der Waals surface area contributed by atoms with E-state index >= 15 is 0 Å². The van der Waals surface area contributed by atoms with Crippen molar-refractivity contribution in [2.45, 2.75) is 19.9 Å². The Morgan fingerprint density at radius 3 is 2.29 bits per heavy atom. The summed E-state index contributed by atoms with van der Waals surface area (Å²) in [5, 5.41) is 13.6. The van der Waals surface area contributed by atoms with E-state index in [4.69, 9.17) is 5.73 Å². The van der Waals surface area contributed by atoms with Crippen LogP contribution >= 0.6 is 23.7 Å². The number of halogens is 1. The topological polar surface area (TPSA) is 46.2 Å². The highest BCUT2D eigenvalue weighted by molar-refractivity contribution is 7.08. The first-order chi connectivity index (χ1) is 7.59. The van der Waals surface area contributed by atoms with E-state index in [2.05, 4.69) is 5.38 Å². The Morgan fingerprint density at radius 1 is 1.24 bits per heavy atom. The van der Waals surface area contributed by atoms with Crippen molar-refractivity contribution in [1.29, 1.82) is 0 Å². The lowest BCUT2D eigenvalue weighted by molar-refractivity contribution is 0.474. The molecule has 0 radical (unpaired) electrons. The number of aryl methyl sites for hydroxylation is 2. The van der Waals surface area contributed by atoms with Gasteiger partial charge in [0.25, 0.3) is 0 Å². The highest BCUT2D eigenvalue weighted by atomic mass is 35.5. The molecule has 0 saturated carbocycles. The molecule has 2 nitrogen and oxygen atoms in total. The lowest BCUT2D eigenvalue weighted by Crippen LogP contribution is -2.13. The molecule has 1 aromatic carbocycles. The average Bonchev–Trinajstić information content (AvgIpc) is 2.67. The van der Waals surface area contributed by atoms with Crippen molar-refractivity contribution >= 4 is 23.7 Å². The molecule has 0 aliphatic heterocycles. The van der Waals surface area contributed by atoms with Crippen LogP contribution in [0.2, 0.25) is 0 Å². The van der Waals surface area contributed by atoms with Crippen LogP contribution in [-0.2, 0) is 0 Å². The largest absolute Gasteiger partial charge is 0.508 e. The summed E-state index contributed by atoms with van der Waals surface area (Å²) in [6.45, 7) is 3.96. The summed E-state index contributed by atoms with van der Waals surface area (Å²) in [4.78, 5) is 0. The lowest BCUT2D eigenvalue weighted by Gasteiger charge is -2.17. The molecule has 0 unspecified atom stereocenters. The van der Waals surface area contributed by atoms with Crippen LogP contribution in [0.15, 0.2) is 29.0 Å². The maximum Gasteiger partial charge on any atom is 0.116 e. The van der Waals surface area contributed by atoms with Crippen LogP contribution < -0.4 is 5.73 Å². The zero-order chi connectivity index (χ0) is 11.7. The van der Waals surface area contributed by atoms with Gasteiger partial charge in [-0.1, -0.05) is 0 Å². The van der Waals surface area contributed by atoms with Crippen LogP contribution in [0.1, 0.15) is 28.3 Å². The number of benzene rings is 1. The number of phenolic OH excluding ortho intramolecular Hbond substituents is 1. The minimum atomic E-state index is -0.105. The highest BCUT2D eigenvalue weighted by Crippen LogP contribution is 2.29. The summed E-state index contributed by atoms with van der Waals surface area (Å²) in [7, 11) is 0. The van der Waals surface area contributed by atoms with Crippen LogP contribution in [0, 0.1) is 13.8 Å². The molecule has 0 spiro atoms. The van der Waals surface area contributed by atoms with Crippen LogP contribution in [0.3, 0.4) is 0 Å². The van der Waals surface area contributed by atoms with E-state index in [1.54, 1.807) is 23.5 Å². The fraction of sp³-hybridized carbons (Fsp3) is 0.231. The van der Waals surface area contributed by atoms with Gasteiger partial charge < -0.3 is 10.8 Å². The SMILES string of the molecule is Cc1cc(O)cc(C)c1[C@H](N)c1ccsc1.Cl. The van der Waals surface area contributed by atoms with Crippen molar-refractivity contribution in [2.75, 3.05) is 0 Å². The minimum Gasteiger partial charge on any atom is -0.508 e. The number of hydrogen-bond donors (Lipinski definition) is 2. The fourth-order valence-electron chi connectivity index (χ4n) is 2.06. The number of rotatable bonds is 2. The summed E-state index contributed by atoms with van der Waals surface area (Å²) in [5.41, 5.74) is 10.5. The van der Waals surface area contributed by atoms with Gasteiger partial charge in [-0.15, -0.1) is 12.4 Å². The Hall–Kier alpha value is -1.03. The second-order valence-electron chi connectivity index (χ2n) is 4.03. The van der Waals surface area contributed by atoms with E-state index in [1.807, 2.05) is 25.3 Å². The van der Waals surface area contributed by atoms with Gasteiger partial charge in [0.2, 0.25) is 0 Å². The molecule has 17 heavy (non-hydrogen) atoms. The van der Waals surface area contributed by atoms with Crippen LogP contribution in [-0.4, -0.2) is 5.11 Å². The first kappa shape index (κ1) is 14.0. The Labute approximate surface area is 112 Å². The average molecular weight is 270 g/mol. The number of phenols is 1. The number of hydrogen-bond acceptors (Lipinski definition) is 3. The molecule has 0 amide bonds. The third-order valence-electron chi connectivity index (χ3n) is 2.79. The molecule has 1 atom stereocenters. The van der Waals surface area contributed by atoms with E-state index in [0.717, 1.165) is 22.3 Å². The van der Waals surface area contributed by atoms with Crippen LogP contribution in [0.5, 0.6) is 5.75 Å². The van der Waals surface area contributed by atoms with Crippen molar-refractivity contribution in [2.24, 2.45) is 5.73 Å². The van der Waals surface area contributed by atoms with Gasteiger partial charge in [-0.3, -0.25) is 0 Å².